The predicted molar refractivity (Wildman–Crippen MR) is 102 cm³/mol. The summed E-state index contributed by atoms with van der Waals surface area (Å²) in [6.07, 6.45) is 13.8. The molecule has 1 aliphatic heterocycles. The van der Waals surface area contributed by atoms with Gasteiger partial charge in [0.1, 0.15) is 18.0 Å². The topological polar surface area (TPSA) is 84.7 Å². The van der Waals surface area contributed by atoms with Crippen molar-refractivity contribution in [2.24, 2.45) is 13.0 Å². The second kappa shape index (κ2) is 8.22. The zero-order chi connectivity index (χ0) is 18.5. The van der Waals surface area contributed by atoms with Gasteiger partial charge in [-0.1, -0.05) is 0 Å². The van der Waals surface area contributed by atoms with E-state index in [0.717, 1.165) is 37.6 Å². The van der Waals surface area contributed by atoms with Crippen molar-refractivity contribution in [2.75, 3.05) is 18.4 Å². The Kier molecular flexibility index (Phi) is 5.34. The molecule has 0 radical (unpaired) electrons. The van der Waals surface area contributed by atoms with E-state index in [4.69, 9.17) is 0 Å². The molecule has 27 heavy (non-hydrogen) atoms. The van der Waals surface area contributed by atoms with Gasteiger partial charge in [0.2, 0.25) is 0 Å². The van der Waals surface area contributed by atoms with Crippen LogP contribution in [0.25, 0.3) is 0 Å². The van der Waals surface area contributed by atoms with Gasteiger partial charge in [-0.3, -0.25) is 9.88 Å². The molecule has 1 fully saturated rings. The largest absolute Gasteiger partial charge is 0.337 e. The summed E-state index contributed by atoms with van der Waals surface area (Å²) < 4.78 is 2.10. The quantitative estimate of drug-likeness (QED) is 0.718. The Balaban J connectivity index is 1.30. The fraction of sp³-hybridized carbons (Fsp3) is 0.421. The van der Waals surface area contributed by atoms with Gasteiger partial charge in [0.25, 0.3) is 0 Å². The Morgan fingerprint density at radius 3 is 2.67 bits per heavy atom. The minimum Gasteiger partial charge on any atom is -0.337 e. The molecule has 0 bridgehead atoms. The summed E-state index contributed by atoms with van der Waals surface area (Å²) in [5.41, 5.74) is 2.34. The van der Waals surface area contributed by atoms with Gasteiger partial charge in [0.15, 0.2) is 0 Å². The first-order valence-corrected chi connectivity index (χ1v) is 9.28. The highest BCUT2D eigenvalue weighted by Crippen LogP contribution is 2.23. The molecule has 1 aliphatic rings. The summed E-state index contributed by atoms with van der Waals surface area (Å²) in [7, 11) is 2.05. The molecule has 0 saturated carbocycles. The van der Waals surface area contributed by atoms with E-state index in [-0.39, 0.29) is 0 Å². The molecular formula is C19H24N8. The molecule has 3 aromatic heterocycles. The molecule has 4 rings (SSSR count). The van der Waals surface area contributed by atoms with Crippen molar-refractivity contribution in [3.63, 3.8) is 0 Å². The first-order valence-electron chi connectivity index (χ1n) is 9.28. The number of hydrogen-bond acceptors (Lipinski definition) is 7. The summed E-state index contributed by atoms with van der Waals surface area (Å²) in [4.78, 5) is 23.7. The fourth-order valence-electron chi connectivity index (χ4n) is 3.48. The molecule has 8 heteroatoms. The number of aromatic nitrogens is 6. The van der Waals surface area contributed by atoms with Crippen molar-refractivity contribution < 1.29 is 0 Å². The van der Waals surface area contributed by atoms with Gasteiger partial charge < -0.3 is 9.88 Å². The average Bonchev–Trinajstić information content (AvgIpc) is 3.09. The number of nitrogens with one attached hydrogen (secondary N) is 1. The van der Waals surface area contributed by atoms with Crippen LogP contribution in [0.5, 0.6) is 0 Å². The maximum atomic E-state index is 4.45. The standard InChI is InChI=1S/C19H24N8/c1-26-14-21-10-17(26)12-27-6-2-15(3-7-27)8-16-9-18(24-13-23-16)25-19-11-20-4-5-22-19/h4-5,9-11,13-15H,2-3,6-8,12H2,1H3,(H,22,23,24,25). The van der Waals surface area contributed by atoms with Crippen LogP contribution in [0, 0.1) is 5.92 Å². The Labute approximate surface area is 158 Å². The number of likely N-dealkylation sites (tertiary alicyclic amines) is 1. The Bertz CT molecular complexity index is 855. The van der Waals surface area contributed by atoms with E-state index in [0.29, 0.717) is 11.7 Å². The van der Waals surface area contributed by atoms with Gasteiger partial charge in [-0.25, -0.2) is 19.9 Å². The first-order chi connectivity index (χ1) is 13.3. The van der Waals surface area contributed by atoms with Crippen LogP contribution in [-0.2, 0) is 20.0 Å². The van der Waals surface area contributed by atoms with Gasteiger partial charge >= 0.3 is 0 Å². The van der Waals surface area contributed by atoms with Crippen molar-refractivity contribution >= 4 is 11.6 Å². The summed E-state index contributed by atoms with van der Waals surface area (Å²) in [5, 5.41) is 3.18. The summed E-state index contributed by atoms with van der Waals surface area (Å²) in [6, 6.07) is 2.01. The highest BCUT2D eigenvalue weighted by atomic mass is 15.2. The summed E-state index contributed by atoms with van der Waals surface area (Å²) >= 11 is 0. The van der Waals surface area contributed by atoms with Crippen molar-refractivity contribution in [2.45, 2.75) is 25.8 Å². The van der Waals surface area contributed by atoms with E-state index in [1.807, 2.05) is 18.6 Å². The lowest BCUT2D eigenvalue weighted by molar-refractivity contribution is 0.173. The highest BCUT2D eigenvalue weighted by molar-refractivity contribution is 5.49. The molecule has 8 nitrogen and oxygen atoms in total. The van der Waals surface area contributed by atoms with Crippen LogP contribution in [0.4, 0.5) is 11.6 Å². The van der Waals surface area contributed by atoms with E-state index in [2.05, 4.69) is 46.8 Å². The fourth-order valence-corrected chi connectivity index (χ4v) is 3.48. The van der Waals surface area contributed by atoms with Gasteiger partial charge in [0.05, 0.1) is 18.2 Å². The Morgan fingerprint density at radius 1 is 1.04 bits per heavy atom. The van der Waals surface area contributed by atoms with Gasteiger partial charge in [-0.15, -0.1) is 0 Å². The zero-order valence-electron chi connectivity index (χ0n) is 15.5. The van der Waals surface area contributed by atoms with Gasteiger partial charge in [0, 0.05) is 43.9 Å². The van der Waals surface area contributed by atoms with Crippen LogP contribution in [0.1, 0.15) is 24.2 Å². The number of rotatable bonds is 6. The lowest BCUT2D eigenvalue weighted by atomic mass is 9.92. The molecule has 0 aliphatic carbocycles. The molecule has 0 aromatic carbocycles. The van der Waals surface area contributed by atoms with E-state index >= 15 is 0 Å². The minimum absolute atomic E-state index is 0.659. The number of imidazole rings is 1. The molecule has 0 unspecified atom stereocenters. The highest BCUT2D eigenvalue weighted by Gasteiger charge is 2.20. The third kappa shape index (κ3) is 4.65. The number of anilines is 2. The van der Waals surface area contributed by atoms with Crippen molar-refractivity contribution in [1.82, 2.24) is 34.4 Å². The molecule has 0 atom stereocenters. The van der Waals surface area contributed by atoms with Gasteiger partial charge in [-0.05, 0) is 38.3 Å². The van der Waals surface area contributed by atoms with E-state index in [1.165, 1.54) is 18.5 Å². The number of piperidine rings is 1. The van der Waals surface area contributed by atoms with Gasteiger partial charge in [-0.2, -0.15) is 0 Å². The summed E-state index contributed by atoms with van der Waals surface area (Å²) in [6.45, 7) is 3.21. The zero-order valence-corrected chi connectivity index (χ0v) is 15.5. The van der Waals surface area contributed by atoms with Crippen LogP contribution in [-0.4, -0.2) is 47.5 Å². The number of nitrogens with zero attached hydrogens (tertiary/aromatic N) is 7. The molecule has 4 heterocycles. The normalized spacial score (nSPS) is 15.7. The predicted octanol–water partition coefficient (Wildman–Crippen LogP) is 2.20. The molecule has 1 saturated heterocycles. The van der Waals surface area contributed by atoms with Crippen LogP contribution >= 0.6 is 0 Å². The van der Waals surface area contributed by atoms with Crippen LogP contribution in [0.15, 0.2) is 43.5 Å². The lowest BCUT2D eigenvalue weighted by Gasteiger charge is -2.31. The van der Waals surface area contributed by atoms with Crippen molar-refractivity contribution in [1.29, 1.82) is 0 Å². The SMILES string of the molecule is Cn1cncc1CN1CCC(Cc2cc(Nc3cnccn3)ncn2)CC1. The van der Waals surface area contributed by atoms with Crippen molar-refractivity contribution in [3.05, 3.63) is 54.9 Å². The monoisotopic (exact) mass is 364 g/mol. The maximum absolute atomic E-state index is 4.45. The third-order valence-electron chi connectivity index (χ3n) is 5.05. The minimum atomic E-state index is 0.659. The lowest BCUT2D eigenvalue weighted by Crippen LogP contribution is -2.34. The Morgan fingerprint density at radius 2 is 1.93 bits per heavy atom. The molecule has 1 N–H and O–H groups in total. The average molecular weight is 364 g/mol. The molecule has 140 valence electrons. The number of hydrogen-bond donors (Lipinski definition) is 1. The van der Waals surface area contributed by atoms with Crippen LogP contribution < -0.4 is 5.32 Å². The molecule has 3 aromatic rings. The molecular weight excluding hydrogens is 340 g/mol. The molecule has 0 spiro atoms. The van der Waals surface area contributed by atoms with Crippen molar-refractivity contribution in [3.8, 4) is 0 Å². The maximum Gasteiger partial charge on any atom is 0.150 e. The van der Waals surface area contributed by atoms with E-state index < -0.39 is 0 Å². The van der Waals surface area contributed by atoms with E-state index in [9.17, 15) is 0 Å². The molecule has 0 amide bonds. The van der Waals surface area contributed by atoms with E-state index in [1.54, 1.807) is 24.9 Å². The van der Waals surface area contributed by atoms with Crippen LogP contribution in [0.2, 0.25) is 0 Å². The first kappa shape index (κ1) is 17.5. The number of aryl methyl sites for hydroxylation is 1. The summed E-state index contributed by atoms with van der Waals surface area (Å²) in [5.74, 6) is 2.10. The second-order valence-electron chi connectivity index (χ2n) is 7.03. The second-order valence-corrected chi connectivity index (χ2v) is 7.03. The Hall–Kier alpha value is -2.87. The third-order valence-corrected chi connectivity index (χ3v) is 5.05. The smallest absolute Gasteiger partial charge is 0.150 e. The van der Waals surface area contributed by atoms with Crippen LogP contribution in [0.3, 0.4) is 0 Å².